The molecule has 1 aliphatic carbocycles. The molecule has 1 fully saturated rings. The number of hydrogen-bond acceptors (Lipinski definition) is 4. The van der Waals surface area contributed by atoms with Crippen LogP contribution in [0.25, 0.3) is 10.8 Å². The third-order valence-electron chi connectivity index (χ3n) is 5.55. The summed E-state index contributed by atoms with van der Waals surface area (Å²) < 4.78 is 5.86. The number of aromatic nitrogens is 1. The maximum atomic E-state index is 13.0. The molecule has 7 nitrogen and oxygen atoms in total. The third kappa shape index (κ3) is 3.78. The number of anilines is 1. The number of nitrogens with one attached hydrogen (secondary N) is 2. The van der Waals surface area contributed by atoms with Gasteiger partial charge in [0.1, 0.15) is 11.4 Å². The quantitative estimate of drug-likeness (QED) is 0.486. The van der Waals surface area contributed by atoms with Gasteiger partial charge >= 0.3 is 11.6 Å². The van der Waals surface area contributed by atoms with Crippen LogP contribution in [0.4, 0.5) is 5.69 Å². The van der Waals surface area contributed by atoms with Gasteiger partial charge in [-0.2, -0.15) is 4.73 Å². The number of fused-ring (bicyclic) bond motifs is 1. The Morgan fingerprint density at radius 1 is 1.07 bits per heavy atom. The first-order valence-electron chi connectivity index (χ1n) is 9.96. The molecular weight excluding hydrogens is 382 g/mol. The number of hydrogen-bond donors (Lipinski definition) is 2. The van der Waals surface area contributed by atoms with Gasteiger partial charge in [-0.25, -0.2) is 0 Å². The SMILES string of the molecule is COc1ccc(C(=O)Nc2ccc[n+]([O-])c2C(=O)NCC2CCC2)c2ccccc12. The van der Waals surface area contributed by atoms with E-state index < -0.39 is 11.8 Å². The average Bonchev–Trinajstić information content (AvgIpc) is 2.71. The van der Waals surface area contributed by atoms with E-state index in [4.69, 9.17) is 4.74 Å². The summed E-state index contributed by atoms with van der Waals surface area (Å²) in [4.78, 5) is 25.7. The van der Waals surface area contributed by atoms with Gasteiger partial charge in [-0.1, -0.05) is 30.7 Å². The highest BCUT2D eigenvalue weighted by molar-refractivity contribution is 6.15. The summed E-state index contributed by atoms with van der Waals surface area (Å²) in [6.45, 7) is 0.532. The van der Waals surface area contributed by atoms with Crippen molar-refractivity contribution >= 4 is 28.3 Å². The molecule has 0 saturated heterocycles. The minimum Gasteiger partial charge on any atom is -0.618 e. The van der Waals surface area contributed by atoms with Gasteiger partial charge in [0.2, 0.25) is 0 Å². The molecule has 30 heavy (non-hydrogen) atoms. The molecule has 0 bridgehead atoms. The van der Waals surface area contributed by atoms with Crippen LogP contribution in [0.2, 0.25) is 0 Å². The normalized spacial score (nSPS) is 13.5. The van der Waals surface area contributed by atoms with Crippen molar-refractivity contribution in [3.8, 4) is 5.75 Å². The molecular formula is C23H23N3O4. The Labute approximate surface area is 174 Å². The van der Waals surface area contributed by atoms with E-state index in [0.29, 0.717) is 28.5 Å². The smallest absolute Gasteiger partial charge is 0.319 e. The fraction of sp³-hybridized carbons (Fsp3) is 0.261. The molecule has 3 aromatic rings. The number of ether oxygens (including phenoxy) is 1. The summed E-state index contributed by atoms with van der Waals surface area (Å²) in [5.41, 5.74) is 0.472. The minimum absolute atomic E-state index is 0.122. The van der Waals surface area contributed by atoms with E-state index in [1.54, 1.807) is 25.3 Å². The molecule has 0 atom stereocenters. The predicted molar refractivity (Wildman–Crippen MR) is 114 cm³/mol. The second-order valence-corrected chi connectivity index (χ2v) is 7.42. The van der Waals surface area contributed by atoms with Crippen LogP contribution in [0.3, 0.4) is 0 Å². The first kappa shape index (κ1) is 19.7. The van der Waals surface area contributed by atoms with Crippen LogP contribution in [0.5, 0.6) is 5.75 Å². The standard InChI is InChI=1S/C23H23N3O4/c1-30-20-12-11-18(16-8-2-3-9-17(16)20)22(27)25-19-10-5-13-26(29)21(19)23(28)24-14-15-6-4-7-15/h2-3,5,8-13,15H,4,6-7,14H2,1H3,(H,24,28)(H,25,27). The zero-order valence-corrected chi connectivity index (χ0v) is 16.7. The zero-order chi connectivity index (χ0) is 21.1. The predicted octanol–water partition coefficient (Wildman–Crippen LogP) is 3.26. The van der Waals surface area contributed by atoms with E-state index in [-0.39, 0.29) is 11.4 Å². The summed E-state index contributed by atoms with van der Waals surface area (Å²) >= 11 is 0. The summed E-state index contributed by atoms with van der Waals surface area (Å²) in [5.74, 6) is 0.220. The molecule has 1 saturated carbocycles. The van der Waals surface area contributed by atoms with Gasteiger partial charge in [0.05, 0.1) is 7.11 Å². The van der Waals surface area contributed by atoms with Crippen molar-refractivity contribution in [1.82, 2.24) is 5.32 Å². The Morgan fingerprint density at radius 3 is 2.53 bits per heavy atom. The average molecular weight is 405 g/mol. The van der Waals surface area contributed by atoms with Crippen LogP contribution in [-0.4, -0.2) is 25.5 Å². The lowest BCUT2D eigenvalue weighted by atomic mass is 9.85. The first-order valence-corrected chi connectivity index (χ1v) is 9.96. The van der Waals surface area contributed by atoms with Gasteiger partial charge < -0.3 is 20.6 Å². The van der Waals surface area contributed by atoms with Crippen molar-refractivity contribution in [2.75, 3.05) is 19.0 Å². The maximum absolute atomic E-state index is 13.0. The number of amides is 2. The van der Waals surface area contributed by atoms with E-state index >= 15 is 0 Å². The van der Waals surface area contributed by atoms with Crippen LogP contribution in [0.15, 0.2) is 54.7 Å². The van der Waals surface area contributed by atoms with Crippen molar-refractivity contribution in [3.05, 3.63) is 71.2 Å². The van der Waals surface area contributed by atoms with Crippen LogP contribution >= 0.6 is 0 Å². The molecule has 2 aromatic carbocycles. The van der Waals surface area contributed by atoms with E-state index in [0.717, 1.165) is 23.6 Å². The van der Waals surface area contributed by atoms with Crippen molar-refractivity contribution in [2.24, 2.45) is 5.92 Å². The van der Waals surface area contributed by atoms with E-state index in [2.05, 4.69) is 10.6 Å². The lowest BCUT2D eigenvalue weighted by Crippen LogP contribution is -2.42. The van der Waals surface area contributed by atoms with Crippen LogP contribution < -0.4 is 20.1 Å². The molecule has 4 rings (SSSR count). The monoisotopic (exact) mass is 405 g/mol. The highest BCUT2D eigenvalue weighted by atomic mass is 16.5. The second kappa shape index (κ2) is 8.41. The second-order valence-electron chi connectivity index (χ2n) is 7.42. The Morgan fingerprint density at radius 2 is 1.83 bits per heavy atom. The fourth-order valence-electron chi connectivity index (χ4n) is 3.67. The molecule has 0 unspecified atom stereocenters. The highest BCUT2D eigenvalue weighted by Gasteiger charge is 2.26. The largest absolute Gasteiger partial charge is 0.618 e. The number of carbonyl (C=O) groups excluding carboxylic acids is 2. The number of rotatable bonds is 6. The molecule has 2 amide bonds. The van der Waals surface area contributed by atoms with Gasteiger partial charge in [-0.15, -0.1) is 0 Å². The lowest BCUT2D eigenvalue weighted by molar-refractivity contribution is -0.607. The number of methoxy groups -OCH3 is 1. The van der Waals surface area contributed by atoms with Crippen molar-refractivity contribution in [3.63, 3.8) is 0 Å². The number of benzene rings is 2. The summed E-state index contributed by atoms with van der Waals surface area (Å²) in [6, 6.07) is 13.9. The Hall–Kier alpha value is -3.61. The van der Waals surface area contributed by atoms with Crippen LogP contribution in [0, 0.1) is 11.1 Å². The number of nitrogens with zero attached hydrogens (tertiary/aromatic N) is 1. The molecule has 7 heteroatoms. The van der Waals surface area contributed by atoms with Crippen LogP contribution in [-0.2, 0) is 0 Å². The molecule has 0 radical (unpaired) electrons. The van der Waals surface area contributed by atoms with Crippen molar-refractivity contribution < 1.29 is 19.1 Å². The summed E-state index contributed by atoms with van der Waals surface area (Å²) in [6.07, 6.45) is 4.59. The number of carbonyl (C=O) groups is 2. The Kier molecular flexibility index (Phi) is 5.52. The Bertz CT molecular complexity index is 1110. The van der Waals surface area contributed by atoms with Crippen LogP contribution in [0.1, 0.15) is 40.1 Å². The van der Waals surface area contributed by atoms with Crippen molar-refractivity contribution in [2.45, 2.75) is 19.3 Å². The van der Waals surface area contributed by atoms with Gasteiger partial charge in [-0.05, 0) is 42.3 Å². The highest BCUT2D eigenvalue weighted by Crippen LogP contribution is 2.29. The molecule has 0 spiro atoms. The lowest BCUT2D eigenvalue weighted by Gasteiger charge is -2.25. The third-order valence-corrected chi connectivity index (χ3v) is 5.55. The first-order chi connectivity index (χ1) is 14.6. The van der Waals surface area contributed by atoms with Gasteiger partial charge in [-0.3, -0.25) is 9.59 Å². The maximum Gasteiger partial charge on any atom is 0.319 e. The summed E-state index contributed by atoms with van der Waals surface area (Å²) in [5, 5.41) is 19.4. The summed E-state index contributed by atoms with van der Waals surface area (Å²) in [7, 11) is 1.58. The molecule has 2 N–H and O–H groups in total. The molecule has 1 aliphatic rings. The minimum atomic E-state index is -0.493. The van der Waals surface area contributed by atoms with E-state index in [1.807, 2.05) is 24.3 Å². The molecule has 0 aliphatic heterocycles. The van der Waals surface area contributed by atoms with Crippen molar-refractivity contribution in [1.29, 1.82) is 0 Å². The topological polar surface area (TPSA) is 94.4 Å². The van der Waals surface area contributed by atoms with Gasteiger partial charge in [0, 0.05) is 23.6 Å². The van der Waals surface area contributed by atoms with E-state index in [9.17, 15) is 14.8 Å². The fourth-order valence-corrected chi connectivity index (χ4v) is 3.67. The molecule has 1 aromatic heterocycles. The number of pyridine rings is 1. The van der Waals surface area contributed by atoms with Gasteiger partial charge in [0.25, 0.3) is 5.91 Å². The van der Waals surface area contributed by atoms with Gasteiger partial charge in [0.15, 0.2) is 6.20 Å². The molecule has 1 heterocycles. The molecule has 154 valence electrons. The zero-order valence-electron chi connectivity index (χ0n) is 16.7. The van der Waals surface area contributed by atoms with E-state index in [1.165, 1.54) is 18.7 Å². The Balaban J connectivity index is 1.62.